The largest absolute Gasteiger partial charge is 0.444 e. The number of hydrogen-bond donors (Lipinski definition) is 0. The SMILES string of the molecule is CC(C)(C)OC(=O)N1CCC2(CCCN(Cc3ccc(-n4cc(F)cn4)nc3)C2)CC1. The van der Waals surface area contributed by atoms with E-state index in [2.05, 4.69) is 15.0 Å². The Hall–Kier alpha value is -2.48. The van der Waals surface area contributed by atoms with Crippen LogP contribution in [0.15, 0.2) is 30.7 Å². The van der Waals surface area contributed by atoms with Gasteiger partial charge in [-0.3, -0.25) is 4.90 Å². The summed E-state index contributed by atoms with van der Waals surface area (Å²) in [5, 5.41) is 3.96. The van der Waals surface area contributed by atoms with Crippen molar-refractivity contribution in [3.8, 4) is 5.82 Å². The van der Waals surface area contributed by atoms with Crippen LogP contribution < -0.4 is 0 Å². The van der Waals surface area contributed by atoms with Gasteiger partial charge in [0.2, 0.25) is 0 Å². The minimum Gasteiger partial charge on any atom is -0.444 e. The van der Waals surface area contributed by atoms with Crippen molar-refractivity contribution < 1.29 is 13.9 Å². The van der Waals surface area contributed by atoms with E-state index in [1.165, 1.54) is 29.9 Å². The average molecular weight is 430 g/mol. The molecule has 0 radical (unpaired) electrons. The van der Waals surface area contributed by atoms with Gasteiger partial charge in [0.15, 0.2) is 11.6 Å². The van der Waals surface area contributed by atoms with Gasteiger partial charge in [-0.15, -0.1) is 0 Å². The molecule has 1 amide bonds. The lowest BCUT2D eigenvalue weighted by Crippen LogP contribution is -2.51. The molecule has 0 saturated carbocycles. The summed E-state index contributed by atoms with van der Waals surface area (Å²) in [5.41, 5.74) is 0.958. The van der Waals surface area contributed by atoms with Gasteiger partial charge >= 0.3 is 6.09 Å². The van der Waals surface area contributed by atoms with Crippen LogP contribution in [-0.4, -0.2) is 62.4 Å². The lowest BCUT2D eigenvalue weighted by molar-refractivity contribution is -0.00739. The van der Waals surface area contributed by atoms with Gasteiger partial charge in [0.25, 0.3) is 0 Å². The summed E-state index contributed by atoms with van der Waals surface area (Å²) in [7, 11) is 0. The summed E-state index contributed by atoms with van der Waals surface area (Å²) in [5.74, 6) is 0.236. The van der Waals surface area contributed by atoms with Crippen LogP contribution in [0, 0.1) is 11.2 Å². The molecule has 2 aliphatic heterocycles. The van der Waals surface area contributed by atoms with Crippen molar-refractivity contribution in [2.24, 2.45) is 5.41 Å². The molecule has 0 unspecified atom stereocenters. The number of rotatable bonds is 3. The molecule has 4 heterocycles. The van der Waals surface area contributed by atoms with Crippen molar-refractivity contribution >= 4 is 6.09 Å². The molecule has 2 fully saturated rings. The van der Waals surface area contributed by atoms with Crippen LogP contribution >= 0.6 is 0 Å². The van der Waals surface area contributed by atoms with Crippen molar-refractivity contribution in [3.63, 3.8) is 0 Å². The fourth-order valence-corrected chi connectivity index (χ4v) is 4.67. The van der Waals surface area contributed by atoms with Gasteiger partial charge in [0, 0.05) is 32.4 Å². The number of aromatic nitrogens is 3. The molecular formula is C23H32FN5O2. The van der Waals surface area contributed by atoms with Gasteiger partial charge in [-0.25, -0.2) is 18.9 Å². The fraction of sp³-hybridized carbons (Fsp3) is 0.609. The van der Waals surface area contributed by atoms with Crippen molar-refractivity contribution in [2.75, 3.05) is 26.2 Å². The maximum atomic E-state index is 13.2. The van der Waals surface area contributed by atoms with E-state index in [9.17, 15) is 9.18 Å². The Labute approximate surface area is 183 Å². The minimum absolute atomic E-state index is 0.196. The molecule has 2 saturated heterocycles. The van der Waals surface area contributed by atoms with Crippen molar-refractivity contribution in [2.45, 2.75) is 58.6 Å². The Morgan fingerprint density at radius 1 is 1.16 bits per heavy atom. The first-order valence-corrected chi connectivity index (χ1v) is 11.1. The molecule has 0 aliphatic carbocycles. The predicted octanol–water partition coefficient (Wildman–Crippen LogP) is 4.02. The van der Waals surface area contributed by atoms with Gasteiger partial charge in [-0.05, 0) is 70.0 Å². The summed E-state index contributed by atoms with van der Waals surface area (Å²) in [6.07, 6.45) is 8.57. The minimum atomic E-state index is -0.455. The Balaban J connectivity index is 1.32. The molecule has 4 rings (SSSR count). The third-order valence-corrected chi connectivity index (χ3v) is 6.22. The molecular weight excluding hydrogens is 397 g/mol. The monoisotopic (exact) mass is 429 g/mol. The smallest absolute Gasteiger partial charge is 0.410 e. The number of nitrogens with zero attached hydrogens (tertiary/aromatic N) is 5. The van der Waals surface area contributed by atoms with Crippen molar-refractivity contribution in [1.29, 1.82) is 0 Å². The Morgan fingerprint density at radius 3 is 2.55 bits per heavy atom. The molecule has 0 aromatic carbocycles. The zero-order chi connectivity index (χ0) is 22.1. The second kappa shape index (κ2) is 8.57. The van der Waals surface area contributed by atoms with Crippen LogP contribution in [0.25, 0.3) is 5.82 Å². The molecule has 2 aromatic rings. The number of carbonyl (C=O) groups is 1. The number of carbonyl (C=O) groups excluding carboxylic acids is 1. The number of likely N-dealkylation sites (tertiary alicyclic amines) is 2. The number of halogens is 1. The molecule has 7 nitrogen and oxygen atoms in total. The van der Waals surface area contributed by atoms with E-state index >= 15 is 0 Å². The van der Waals surface area contributed by atoms with E-state index in [-0.39, 0.29) is 17.3 Å². The maximum Gasteiger partial charge on any atom is 0.410 e. The summed E-state index contributed by atoms with van der Waals surface area (Å²) >= 11 is 0. The molecule has 31 heavy (non-hydrogen) atoms. The van der Waals surface area contributed by atoms with Crippen LogP contribution in [0.4, 0.5) is 9.18 Å². The first-order valence-electron chi connectivity index (χ1n) is 11.1. The van der Waals surface area contributed by atoms with Gasteiger partial charge in [-0.1, -0.05) is 6.07 Å². The molecule has 0 bridgehead atoms. The molecule has 168 valence electrons. The second-order valence-electron chi connectivity index (χ2n) is 9.91. The van der Waals surface area contributed by atoms with Gasteiger partial charge in [-0.2, -0.15) is 5.10 Å². The zero-order valence-corrected chi connectivity index (χ0v) is 18.7. The molecule has 2 aliphatic rings. The third kappa shape index (κ3) is 5.42. The number of piperidine rings is 2. The van der Waals surface area contributed by atoms with E-state index in [1.54, 1.807) is 0 Å². The van der Waals surface area contributed by atoms with E-state index < -0.39 is 5.60 Å². The normalized spacial score (nSPS) is 19.5. The number of ether oxygens (including phenoxy) is 1. The first kappa shape index (κ1) is 21.7. The van der Waals surface area contributed by atoms with Gasteiger partial charge in [0.1, 0.15) is 5.60 Å². The average Bonchev–Trinajstić information content (AvgIpc) is 3.14. The fourth-order valence-electron chi connectivity index (χ4n) is 4.67. The van der Waals surface area contributed by atoms with Crippen LogP contribution in [-0.2, 0) is 11.3 Å². The lowest BCUT2D eigenvalue weighted by Gasteiger charge is -2.47. The molecule has 8 heteroatoms. The van der Waals surface area contributed by atoms with E-state index in [0.717, 1.165) is 51.1 Å². The molecule has 2 aromatic heterocycles. The highest BCUT2D eigenvalue weighted by Crippen LogP contribution is 2.40. The highest BCUT2D eigenvalue weighted by atomic mass is 19.1. The Morgan fingerprint density at radius 2 is 1.94 bits per heavy atom. The number of amides is 1. The van der Waals surface area contributed by atoms with E-state index in [0.29, 0.717) is 5.82 Å². The van der Waals surface area contributed by atoms with Crippen LogP contribution in [0.3, 0.4) is 0 Å². The summed E-state index contributed by atoms with van der Waals surface area (Å²) in [6, 6.07) is 3.91. The predicted molar refractivity (Wildman–Crippen MR) is 115 cm³/mol. The molecule has 0 atom stereocenters. The standard InChI is InChI=1S/C23H32FN5O2/c1-22(2,3)31-21(30)28-11-8-23(9-12-28)7-4-10-27(17-23)15-18-5-6-20(25-13-18)29-16-19(24)14-26-29/h5-6,13-14,16H,4,7-12,15,17H2,1-3H3. The van der Waals surface area contributed by atoms with Crippen LogP contribution in [0.2, 0.25) is 0 Å². The number of pyridine rings is 1. The Kier molecular flexibility index (Phi) is 6.01. The highest BCUT2D eigenvalue weighted by molar-refractivity contribution is 5.68. The van der Waals surface area contributed by atoms with Crippen molar-refractivity contribution in [1.82, 2.24) is 24.6 Å². The zero-order valence-electron chi connectivity index (χ0n) is 18.7. The lowest BCUT2D eigenvalue weighted by atomic mass is 9.72. The first-order chi connectivity index (χ1) is 14.7. The summed E-state index contributed by atoms with van der Waals surface area (Å²) in [6.45, 7) is 10.2. The van der Waals surface area contributed by atoms with Crippen molar-refractivity contribution in [3.05, 3.63) is 42.1 Å². The van der Waals surface area contributed by atoms with Gasteiger partial charge < -0.3 is 9.64 Å². The molecule has 0 N–H and O–H groups in total. The van der Waals surface area contributed by atoms with Crippen LogP contribution in [0.5, 0.6) is 0 Å². The topological polar surface area (TPSA) is 63.5 Å². The van der Waals surface area contributed by atoms with E-state index in [1.807, 2.05) is 44.0 Å². The van der Waals surface area contributed by atoms with E-state index in [4.69, 9.17) is 4.74 Å². The highest BCUT2D eigenvalue weighted by Gasteiger charge is 2.40. The molecule has 1 spiro atoms. The third-order valence-electron chi connectivity index (χ3n) is 6.22. The number of hydrogen-bond acceptors (Lipinski definition) is 5. The Bertz CT molecular complexity index is 897. The maximum absolute atomic E-state index is 13.2. The summed E-state index contributed by atoms with van der Waals surface area (Å²) in [4.78, 5) is 21.2. The van der Waals surface area contributed by atoms with Crippen LogP contribution in [0.1, 0.15) is 52.0 Å². The quantitative estimate of drug-likeness (QED) is 0.737. The summed E-state index contributed by atoms with van der Waals surface area (Å²) < 4.78 is 20.1. The second-order valence-corrected chi connectivity index (χ2v) is 9.91. The van der Waals surface area contributed by atoms with Gasteiger partial charge in [0.05, 0.1) is 12.4 Å².